The highest BCUT2D eigenvalue weighted by Gasteiger charge is 2.45. The first-order valence-electron chi connectivity index (χ1n) is 10.7. The summed E-state index contributed by atoms with van der Waals surface area (Å²) in [6.45, 7) is 1.91. The monoisotopic (exact) mass is 507 g/mol. The number of furan rings is 1. The van der Waals surface area contributed by atoms with Crippen molar-refractivity contribution in [3.05, 3.63) is 105 Å². The van der Waals surface area contributed by atoms with E-state index in [4.69, 9.17) is 32.4 Å². The van der Waals surface area contributed by atoms with Crippen LogP contribution in [0.5, 0.6) is 5.75 Å². The van der Waals surface area contributed by atoms with Gasteiger partial charge in [0, 0.05) is 27.2 Å². The molecule has 1 amide bonds. The number of halogens is 2. The minimum atomic E-state index is -0.896. The lowest BCUT2D eigenvalue weighted by Crippen LogP contribution is -2.31. The number of carbonyl (C=O) groups is 2. The molecule has 35 heavy (non-hydrogen) atoms. The van der Waals surface area contributed by atoms with Gasteiger partial charge in [-0.1, -0.05) is 59.1 Å². The van der Waals surface area contributed by atoms with Crippen molar-refractivity contribution in [2.24, 2.45) is 0 Å². The quantitative estimate of drug-likeness (QED) is 0.299. The summed E-state index contributed by atoms with van der Waals surface area (Å²) in [6.07, 6.45) is 0. The number of nitrogens with zero attached hydrogens (tertiary/aromatic N) is 1. The average molecular weight is 508 g/mol. The molecule has 0 radical (unpaired) electrons. The Morgan fingerprint density at radius 3 is 2.51 bits per heavy atom. The summed E-state index contributed by atoms with van der Waals surface area (Å²) in [6, 6.07) is 17.9. The van der Waals surface area contributed by atoms with Crippen LogP contribution in [0.4, 0.5) is 5.69 Å². The summed E-state index contributed by atoms with van der Waals surface area (Å²) in [5, 5.41) is 12.3. The predicted molar refractivity (Wildman–Crippen MR) is 135 cm³/mol. The second-order valence-electron chi connectivity index (χ2n) is 8.20. The van der Waals surface area contributed by atoms with E-state index in [1.54, 1.807) is 42.5 Å². The molecule has 0 bridgehead atoms. The van der Waals surface area contributed by atoms with Gasteiger partial charge in [-0.05, 0) is 42.8 Å². The number of rotatable bonds is 5. The Labute approximate surface area is 210 Å². The van der Waals surface area contributed by atoms with Crippen LogP contribution >= 0.6 is 23.2 Å². The Hall–Kier alpha value is -3.74. The van der Waals surface area contributed by atoms with E-state index in [9.17, 15) is 14.7 Å². The van der Waals surface area contributed by atoms with Crippen molar-refractivity contribution >= 4 is 51.5 Å². The van der Waals surface area contributed by atoms with E-state index < -0.39 is 23.5 Å². The van der Waals surface area contributed by atoms with Crippen LogP contribution in [0.15, 0.2) is 82.5 Å². The Balaban J connectivity index is 1.68. The van der Waals surface area contributed by atoms with Gasteiger partial charge in [0.15, 0.2) is 22.9 Å². The van der Waals surface area contributed by atoms with Crippen LogP contribution in [0.3, 0.4) is 0 Å². The maximum absolute atomic E-state index is 13.8. The SMILES string of the molecule is COc1cc(Cl)cc2cc(C(=O)C3=C(O)C(=O)N(c4cccc(Cl)c4)C3c3cccc(C)c3)oc12. The van der Waals surface area contributed by atoms with Gasteiger partial charge in [-0.3, -0.25) is 14.5 Å². The smallest absolute Gasteiger partial charge is 0.294 e. The molecule has 4 aromatic rings. The number of methoxy groups -OCH3 is 1. The number of hydrogen-bond donors (Lipinski definition) is 1. The van der Waals surface area contributed by atoms with E-state index in [0.717, 1.165) is 5.56 Å². The van der Waals surface area contributed by atoms with Gasteiger partial charge in [0.25, 0.3) is 5.91 Å². The summed E-state index contributed by atoms with van der Waals surface area (Å²) in [7, 11) is 1.47. The predicted octanol–water partition coefficient (Wildman–Crippen LogP) is 6.84. The van der Waals surface area contributed by atoms with Gasteiger partial charge < -0.3 is 14.3 Å². The number of aliphatic hydroxyl groups is 1. The van der Waals surface area contributed by atoms with Crippen molar-refractivity contribution in [3.63, 3.8) is 0 Å². The molecular formula is C27H19Cl2NO5. The molecule has 0 saturated heterocycles. The number of ether oxygens (including phenoxy) is 1. The van der Waals surface area contributed by atoms with Crippen LogP contribution in [0.2, 0.25) is 10.0 Å². The molecular weight excluding hydrogens is 489 g/mol. The summed E-state index contributed by atoms with van der Waals surface area (Å²) < 4.78 is 11.2. The highest BCUT2D eigenvalue weighted by molar-refractivity contribution is 6.32. The first kappa shape index (κ1) is 23.0. The number of aliphatic hydroxyl groups excluding tert-OH is 1. The third-order valence-corrected chi connectivity index (χ3v) is 6.34. The molecule has 1 aromatic heterocycles. The second kappa shape index (κ2) is 8.80. The van der Waals surface area contributed by atoms with Crippen molar-refractivity contribution in [1.82, 2.24) is 0 Å². The van der Waals surface area contributed by atoms with Crippen LogP contribution in [0.25, 0.3) is 11.0 Å². The fourth-order valence-electron chi connectivity index (χ4n) is 4.37. The Morgan fingerprint density at radius 2 is 1.80 bits per heavy atom. The molecule has 1 atom stereocenters. The molecule has 176 valence electrons. The van der Waals surface area contributed by atoms with Crippen LogP contribution in [-0.2, 0) is 4.79 Å². The molecule has 0 saturated carbocycles. The van der Waals surface area contributed by atoms with E-state index >= 15 is 0 Å². The molecule has 3 aromatic carbocycles. The highest BCUT2D eigenvalue weighted by atomic mass is 35.5. The van der Waals surface area contributed by atoms with Crippen molar-refractivity contribution < 1.29 is 23.8 Å². The standard InChI is InChI=1S/C27H19Cl2NO5/c1-14-5-3-6-15(9-14)23-22(25(32)27(33)30(23)19-8-4-7-17(28)12-19)24(31)20-11-16-10-18(29)13-21(34-2)26(16)35-20/h3-13,23,32H,1-2H3. The van der Waals surface area contributed by atoms with Crippen molar-refractivity contribution in [3.8, 4) is 5.75 Å². The fourth-order valence-corrected chi connectivity index (χ4v) is 4.77. The highest BCUT2D eigenvalue weighted by Crippen LogP contribution is 2.43. The molecule has 5 rings (SSSR count). The van der Waals surface area contributed by atoms with Gasteiger partial charge in [-0.25, -0.2) is 0 Å². The number of benzene rings is 3. The van der Waals surface area contributed by atoms with E-state index in [0.29, 0.717) is 38.0 Å². The largest absolute Gasteiger partial charge is 0.503 e. The summed E-state index contributed by atoms with van der Waals surface area (Å²) >= 11 is 12.3. The van der Waals surface area contributed by atoms with E-state index in [2.05, 4.69) is 0 Å². The molecule has 0 spiro atoms. The molecule has 2 heterocycles. The molecule has 1 N–H and O–H groups in total. The number of ketones is 1. The van der Waals surface area contributed by atoms with Crippen molar-refractivity contribution in [2.75, 3.05) is 12.0 Å². The molecule has 1 unspecified atom stereocenters. The number of amides is 1. The van der Waals surface area contributed by atoms with Crippen LogP contribution in [-0.4, -0.2) is 23.9 Å². The number of Topliss-reactive ketones (excluding diaryl/α,β-unsaturated/α-hetero) is 1. The summed E-state index contributed by atoms with van der Waals surface area (Å²) in [5.41, 5.74) is 2.28. The van der Waals surface area contributed by atoms with Crippen LogP contribution < -0.4 is 9.64 Å². The maximum atomic E-state index is 13.8. The van der Waals surface area contributed by atoms with Crippen LogP contribution in [0, 0.1) is 6.92 Å². The lowest BCUT2D eigenvalue weighted by atomic mass is 9.94. The number of carbonyl (C=O) groups excluding carboxylic acids is 2. The van der Waals surface area contributed by atoms with Gasteiger partial charge in [-0.15, -0.1) is 0 Å². The Bertz CT molecular complexity index is 1540. The molecule has 1 aliphatic rings. The zero-order chi connectivity index (χ0) is 24.9. The fraction of sp³-hybridized carbons (Fsp3) is 0.111. The lowest BCUT2D eigenvalue weighted by molar-refractivity contribution is -0.117. The zero-order valence-corrected chi connectivity index (χ0v) is 20.2. The molecule has 0 aliphatic carbocycles. The van der Waals surface area contributed by atoms with Gasteiger partial charge in [-0.2, -0.15) is 0 Å². The van der Waals surface area contributed by atoms with Gasteiger partial charge in [0.2, 0.25) is 5.78 Å². The minimum Gasteiger partial charge on any atom is -0.503 e. The first-order chi connectivity index (χ1) is 16.8. The van der Waals surface area contributed by atoms with Gasteiger partial charge >= 0.3 is 0 Å². The second-order valence-corrected chi connectivity index (χ2v) is 9.07. The van der Waals surface area contributed by atoms with Crippen molar-refractivity contribution in [2.45, 2.75) is 13.0 Å². The van der Waals surface area contributed by atoms with Crippen LogP contribution in [0.1, 0.15) is 27.7 Å². The maximum Gasteiger partial charge on any atom is 0.294 e. The molecule has 8 heteroatoms. The number of aryl methyl sites for hydroxylation is 1. The van der Waals surface area contributed by atoms with Gasteiger partial charge in [0.05, 0.1) is 18.7 Å². The Morgan fingerprint density at radius 1 is 1.03 bits per heavy atom. The zero-order valence-electron chi connectivity index (χ0n) is 18.7. The van der Waals surface area contributed by atoms with Gasteiger partial charge in [0.1, 0.15) is 0 Å². The summed E-state index contributed by atoms with van der Waals surface area (Å²) in [4.78, 5) is 28.4. The van der Waals surface area contributed by atoms with E-state index in [1.165, 1.54) is 18.1 Å². The number of hydrogen-bond acceptors (Lipinski definition) is 5. The molecule has 1 aliphatic heterocycles. The summed E-state index contributed by atoms with van der Waals surface area (Å²) in [5.74, 6) is -1.67. The average Bonchev–Trinajstić information content (AvgIpc) is 3.37. The third-order valence-electron chi connectivity index (χ3n) is 5.89. The van der Waals surface area contributed by atoms with E-state index in [1.807, 2.05) is 25.1 Å². The van der Waals surface area contributed by atoms with Crippen molar-refractivity contribution in [1.29, 1.82) is 0 Å². The topological polar surface area (TPSA) is 80.0 Å². The number of anilines is 1. The first-order valence-corrected chi connectivity index (χ1v) is 11.4. The molecule has 0 fully saturated rings. The molecule has 6 nitrogen and oxygen atoms in total. The third kappa shape index (κ3) is 3.95. The number of fused-ring (bicyclic) bond motifs is 1. The Kier molecular flexibility index (Phi) is 5.79. The normalized spacial score (nSPS) is 15.8. The van der Waals surface area contributed by atoms with E-state index in [-0.39, 0.29) is 11.3 Å². The minimum absolute atomic E-state index is 0.0551. The lowest BCUT2D eigenvalue weighted by Gasteiger charge is -2.27.